The first-order valence-corrected chi connectivity index (χ1v) is 9.08. The van der Waals surface area contributed by atoms with Crippen LogP contribution in [0.4, 0.5) is 5.69 Å². The van der Waals surface area contributed by atoms with Crippen LogP contribution in [0, 0.1) is 5.39 Å². The van der Waals surface area contributed by atoms with Gasteiger partial charge in [-0.15, -0.1) is 0 Å². The van der Waals surface area contributed by atoms with Gasteiger partial charge < -0.3 is 9.47 Å². The van der Waals surface area contributed by atoms with Crippen molar-refractivity contribution in [1.29, 1.82) is 5.39 Å². The number of rotatable bonds is 7. The zero-order valence-electron chi connectivity index (χ0n) is 16.7. The van der Waals surface area contributed by atoms with Crippen molar-refractivity contribution < 1.29 is 9.47 Å². The summed E-state index contributed by atoms with van der Waals surface area (Å²) in [6.45, 7) is 9.01. The van der Waals surface area contributed by atoms with E-state index in [-0.39, 0.29) is 10.8 Å². The van der Waals surface area contributed by atoms with E-state index in [1.54, 1.807) is 14.2 Å². The van der Waals surface area contributed by atoms with E-state index in [1.807, 2.05) is 24.3 Å². The summed E-state index contributed by atoms with van der Waals surface area (Å²) in [5.74, 6) is 1.42. The van der Waals surface area contributed by atoms with E-state index >= 15 is 0 Å². The molecule has 26 heavy (non-hydrogen) atoms. The normalized spacial score (nSPS) is 15.4. The van der Waals surface area contributed by atoms with E-state index in [2.05, 4.69) is 50.9 Å². The summed E-state index contributed by atoms with van der Waals surface area (Å²) in [6.07, 6.45) is 1.92. The number of diazo groups is 1. The third-order valence-electron chi connectivity index (χ3n) is 6.28. The second kappa shape index (κ2) is 7.78. The lowest BCUT2D eigenvalue weighted by Gasteiger charge is -2.47. The molecule has 0 unspecified atom stereocenters. The first-order chi connectivity index (χ1) is 12.4. The number of benzene rings is 2. The minimum atomic E-state index is -0.151. The number of hydrogen-bond donors (Lipinski definition) is 0. The first-order valence-electron chi connectivity index (χ1n) is 9.08. The highest BCUT2D eigenvalue weighted by Gasteiger charge is 2.45. The Hall–Kier alpha value is -2.54. The van der Waals surface area contributed by atoms with Crippen molar-refractivity contribution in [3.8, 4) is 11.5 Å². The minimum absolute atomic E-state index is 0.102. The van der Waals surface area contributed by atoms with Crippen LogP contribution in [0.15, 0.2) is 42.5 Å². The lowest BCUT2D eigenvalue weighted by Crippen LogP contribution is -2.44. The molecule has 0 heterocycles. The predicted molar refractivity (Wildman–Crippen MR) is 106 cm³/mol. The Labute approximate surface area is 156 Å². The third-order valence-corrected chi connectivity index (χ3v) is 6.28. The fourth-order valence-corrected chi connectivity index (χ4v) is 3.90. The highest BCUT2D eigenvalue weighted by atomic mass is 16.5. The Balaban J connectivity index is 2.62. The first kappa shape index (κ1) is 19.8. The molecule has 0 aromatic heterocycles. The molecular formula is C22H29N2O2+. The quantitative estimate of drug-likeness (QED) is 0.555. The molecule has 0 spiro atoms. The van der Waals surface area contributed by atoms with Gasteiger partial charge in [0.05, 0.1) is 14.2 Å². The van der Waals surface area contributed by atoms with Crippen LogP contribution >= 0.6 is 0 Å². The molecule has 2 aromatic rings. The van der Waals surface area contributed by atoms with Gasteiger partial charge in [0.25, 0.3) is 0 Å². The maximum absolute atomic E-state index is 9.38. The molecule has 0 saturated heterocycles. The van der Waals surface area contributed by atoms with E-state index in [9.17, 15) is 5.39 Å². The van der Waals surface area contributed by atoms with Gasteiger partial charge in [0, 0.05) is 16.9 Å². The molecule has 2 atom stereocenters. The molecule has 0 fully saturated rings. The molecule has 0 aliphatic rings. The van der Waals surface area contributed by atoms with Gasteiger partial charge in [-0.25, -0.2) is 0 Å². The molecule has 138 valence electrons. The van der Waals surface area contributed by atoms with E-state index in [4.69, 9.17) is 9.47 Å². The van der Waals surface area contributed by atoms with Crippen molar-refractivity contribution in [3.05, 3.63) is 58.6 Å². The average Bonchev–Trinajstić information content (AvgIpc) is 2.71. The Morgan fingerprint density at radius 2 is 1.38 bits per heavy atom. The molecule has 0 amide bonds. The summed E-state index contributed by atoms with van der Waals surface area (Å²) in [4.78, 5) is 3.41. The highest BCUT2D eigenvalue weighted by molar-refractivity contribution is 5.60. The van der Waals surface area contributed by atoms with Crippen molar-refractivity contribution >= 4 is 5.69 Å². The van der Waals surface area contributed by atoms with Gasteiger partial charge >= 0.3 is 5.69 Å². The van der Waals surface area contributed by atoms with Crippen molar-refractivity contribution in [1.82, 2.24) is 0 Å². The van der Waals surface area contributed by atoms with Crippen LogP contribution in [0.25, 0.3) is 4.98 Å². The minimum Gasteiger partial charge on any atom is -0.497 e. The predicted octanol–water partition coefficient (Wildman–Crippen LogP) is 6.22. The molecule has 4 nitrogen and oxygen atoms in total. The maximum atomic E-state index is 9.38. The van der Waals surface area contributed by atoms with Crippen LogP contribution in [0.2, 0.25) is 0 Å². The van der Waals surface area contributed by atoms with Crippen LogP contribution in [-0.4, -0.2) is 14.2 Å². The summed E-state index contributed by atoms with van der Waals surface area (Å²) in [5, 5.41) is 9.38. The number of ether oxygens (including phenoxy) is 2. The zero-order chi connectivity index (χ0) is 19.4. The molecule has 0 radical (unpaired) electrons. The Morgan fingerprint density at radius 1 is 0.846 bits per heavy atom. The van der Waals surface area contributed by atoms with Gasteiger partial charge in [-0.3, -0.25) is 0 Å². The van der Waals surface area contributed by atoms with Crippen molar-refractivity contribution in [2.24, 2.45) is 0 Å². The second-order valence-electron chi connectivity index (χ2n) is 7.09. The lowest BCUT2D eigenvalue weighted by molar-refractivity contribution is 0.234. The molecule has 2 rings (SSSR count). The topological polar surface area (TPSA) is 46.6 Å². The van der Waals surface area contributed by atoms with Gasteiger partial charge in [-0.1, -0.05) is 45.9 Å². The van der Waals surface area contributed by atoms with Crippen molar-refractivity contribution in [2.75, 3.05) is 14.2 Å². The molecule has 0 aliphatic heterocycles. The lowest BCUT2D eigenvalue weighted by atomic mass is 9.56. The number of methoxy groups -OCH3 is 2. The van der Waals surface area contributed by atoms with Gasteiger partial charge in [0.15, 0.2) is 4.98 Å². The average molecular weight is 353 g/mol. The fraction of sp³-hybridized carbons (Fsp3) is 0.455. The van der Waals surface area contributed by atoms with Crippen molar-refractivity contribution in [3.63, 3.8) is 0 Å². The standard InChI is InChI=1S/C22H29N2O2/c1-7-21(3,16-9-12-18(25-5)13-10-16)22(4,8-2)17-11-14-20(26-6)19(15-17)24-23/h9-15H,7-8H2,1-6H3/q+1/t21-,22+/m1/s1. The van der Waals surface area contributed by atoms with E-state index in [0.29, 0.717) is 11.4 Å². The molecule has 0 saturated carbocycles. The van der Waals surface area contributed by atoms with Crippen molar-refractivity contribution in [2.45, 2.75) is 51.4 Å². The summed E-state index contributed by atoms with van der Waals surface area (Å²) >= 11 is 0. The van der Waals surface area contributed by atoms with Crippen LogP contribution in [0.3, 0.4) is 0 Å². The third kappa shape index (κ3) is 3.14. The largest absolute Gasteiger partial charge is 0.497 e. The van der Waals surface area contributed by atoms with Gasteiger partial charge in [0.1, 0.15) is 5.75 Å². The van der Waals surface area contributed by atoms with Crippen LogP contribution in [0.5, 0.6) is 11.5 Å². The number of hydrogen-bond acceptors (Lipinski definition) is 3. The smallest absolute Gasteiger partial charge is 0.426 e. The van der Waals surface area contributed by atoms with Gasteiger partial charge in [-0.05, 0) is 42.2 Å². The summed E-state index contributed by atoms with van der Waals surface area (Å²) < 4.78 is 10.6. The van der Waals surface area contributed by atoms with Gasteiger partial charge in [-0.2, -0.15) is 0 Å². The molecule has 0 bridgehead atoms. The summed E-state index contributed by atoms with van der Waals surface area (Å²) in [6, 6.07) is 14.2. The number of nitrogens with zero attached hydrogens (tertiary/aromatic N) is 2. The molecule has 0 N–H and O–H groups in total. The van der Waals surface area contributed by atoms with E-state index < -0.39 is 0 Å². The molecular weight excluding hydrogens is 324 g/mol. The summed E-state index contributed by atoms with van der Waals surface area (Å²) in [7, 11) is 3.26. The second-order valence-corrected chi connectivity index (χ2v) is 7.09. The Bertz CT molecular complexity index is 795. The summed E-state index contributed by atoms with van der Waals surface area (Å²) in [5.41, 5.74) is 2.60. The molecule has 4 heteroatoms. The molecule has 0 aliphatic carbocycles. The monoisotopic (exact) mass is 353 g/mol. The Morgan fingerprint density at radius 3 is 1.85 bits per heavy atom. The SMILES string of the molecule is CC[C@@](C)(c1ccc(OC)c([N+]#N)c1)[C@](C)(CC)c1ccc(OC)cc1. The zero-order valence-corrected chi connectivity index (χ0v) is 16.7. The molecule has 2 aromatic carbocycles. The van der Waals surface area contributed by atoms with Crippen LogP contribution in [0.1, 0.15) is 51.7 Å². The fourth-order valence-electron chi connectivity index (χ4n) is 3.90. The highest BCUT2D eigenvalue weighted by Crippen LogP contribution is 2.50. The maximum Gasteiger partial charge on any atom is 0.426 e. The Kier molecular flexibility index (Phi) is 5.92. The van der Waals surface area contributed by atoms with E-state index in [0.717, 1.165) is 24.2 Å². The van der Waals surface area contributed by atoms with Crippen LogP contribution < -0.4 is 9.47 Å². The van der Waals surface area contributed by atoms with Gasteiger partial charge in [0.2, 0.25) is 11.1 Å². The van der Waals surface area contributed by atoms with Crippen LogP contribution in [-0.2, 0) is 10.8 Å². The van der Waals surface area contributed by atoms with E-state index in [1.165, 1.54) is 5.56 Å².